The highest BCUT2D eigenvalue weighted by Crippen LogP contribution is 2.26. The molecule has 1 heterocycles. The van der Waals surface area contributed by atoms with Gasteiger partial charge in [0, 0.05) is 6.54 Å². The smallest absolute Gasteiger partial charge is 0.326 e. The Balaban J connectivity index is 1.85. The number of ether oxygens (including phenoxy) is 2. The first-order chi connectivity index (χ1) is 10.1. The molecule has 0 saturated carbocycles. The van der Waals surface area contributed by atoms with E-state index in [4.69, 9.17) is 14.6 Å². The Morgan fingerprint density at radius 1 is 1.33 bits per heavy atom. The molecule has 2 rings (SSSR count). The summed E-state index contributed by atoms with van der Waals surface area (Å²) in [5.74, 6) is 0.0554. The Labute approximate surface area is 123 Å². The fraction of sp³-hybridized carbons (Fsp3) is 0.467. The number of amides is 1. The van der Waals surface area contributed by atoms with Gasteiger partial charge in [-0.1, -0.05) is 12.1 Å². The van der Waals surface area contributed by atoms with Crippen molar-refractivity contribution in [1.29, 1.82) is 0 Å². The van der Waals surface area contributed by atoms with Crippen molar-refractivity contribution < 1.29 is 24.2 Å². The van der Waals surface area contributed by atoms with E-state index in [-0.39, 0.29) is 18.9 Å². The summed E-state index contributed by atoms with van der Waals surface area (Å²) in [6.07, 6.45) is 1.41. The Kier molecular flexibility index (Phi) is 5.03. The Bertz CT molecular complexity index is 517. The molecule has 0 aromatic heterocycles. The van der Waals surface area contributed by atoms with Gasteiger partial charge in [0.05, 0.1) is 20.1 Å². The van der Waals surface area contributed by atoms with Gasteiger partial charge in [-0.2, -0.15) is 0 Å². The number of carboxylic acid groups (broad SMARTS) is 1. The van der Waals surface area contributed by atoms with E-state index in [0.29, 0.717) is 24.5 Å². The number of hydrogen-bond acceptors (Lipinski definition) is 4. The predicted octanol–water partition coefficient (Wildman–Crippen LogP) is 1.54. The van der Waals surface area contributed by atoms with Crippen molar-refractivity contribution in [2.45, 2.75) is 25.3 Å². The molecule has 1 saturated heterocycles. The van der Waals surface area contributed by atoms with Crippen molar-refractivity contribution in [2.75, 3.05) is 20.3 Å². The third-order valence-electron chi connectivity index (χ3n) is 3.50. The summed E-state index contributed by atoms with van der Waals surface area (Å²) in [4.78, 5) is 24.5. The third-order valence-corrected chi connectivity index (χ3v) is 3.50. The van der Waals surface area contributed by atoms with Crippen LogP contribution in [-0.4, -0.2) is 48.2 Å². The molecule has 0 radical (unpaired) electrons. The van der Waals surface area contributed by atoms with E-state index >= 15 is 0 Å². The van der Waals surface area contributed by atoms with Crippen LogP contribution in [0.15, 0.2) is 24.3 Å². The summed E-state index contributed by atoms with van der Waals surface area (Å²) in [6, 6.07) is 6.50. The maximum atomic E-state index is 12.1. The van der Waals surface area contributed by atoms with E-state index < -0.39 is 12.0 Å². The molecule has 1 fully saturated rings. The van der Waals surface area contributed by atoms with Crippen LogP contribution in [-0.2, 0) is 9.59 Å². The van der Waals surface area contributed by atoms with Crippen molar-refractivity contribution in [3.8, 4) is 11.5 Å². The van der Waals surface area contributed by atoms with Crippen LogP contribution in [0.2, 0.25) is 0 Å². The normalized spacial score (nSPS) is 17.6. The lowest BCUT2D eigenvalue weighted by molar-refractivity contribution is -0.148. The number of likely N-dealkylation sites (tertiary alicyclic amines) is 1. The molecule has 0 bridgehead atoms. The summed E-state index contributed by atoms with van der Waals surface area (Å²) in [6.45, 7) is 0.701. The Morgan fingerprint density at radius 2 is 2.05 bits per heavy atom. The maximum absolute atomic E-state index is 12.1. The van der Waals surface area contributed by atoms with Crippen molar-refractivity contribution in [3.05, 3.63) is 24.3 Å². The minimum atomic E-state index is -0.938. The molecule has 0 aliphatic carbocycles. The third kappa shape index (κ3) is 3.65. The fourth-order valence-corrected chi connectivity index (χ4v) is 2.45. The van der Waals surface area contributed by atoms with Gasteiger partial charge >= 0.3 is 5.97 Å². The standard InChI is InChI=1S/C15H19NO5/c1-20-12-6-2-3-7-13(12)21-10-8-14(17)16-9-4-5-11(16)15(18)19/h2-3,6-7,11H,4-5,8-10H2,1H3,(H,18,19). The van der Waals surface area contributed by atoms with Crippen LogP contribution in [0.25, 0.3) is 0 Å². The van der Waals surface area contributed by atoms with Gasteiger partial charge in [-0.05, 0) is 25.0 Å². The summed E-state index contributed by atoms with van der Waals surface area (Å²) in [5, 5.41) is 9.06. The number of para-hydroxylation sites is 2. The molecule has 1 aromatic carbocycles. The molecule has 0 spiro atoms. The lowest BCUT2D eigenvalue weighted by Gasteiger charge is -2.21. The fourth-order valence-electron chi connectivity index (χ4n) is 2.45. The van der Waals surface area contributed by atoms with E-state index in [0.717, 1.165) is 6.42 Å². The second-order valence-corrected chi connectivity index (χ2v) is 4.83. The Hall–Kier alpha value is -2.24. The second-order valence-electron chi connectivity index (χ2n) is 4.83. The molecule has 1 amide bonds. The molecule has 1 aromatic rings. The molecule has 1 atom stereocenters. The zero-order valence-electron chi connectivity index (χ0n) is 11.9. The quantitative estimate of drug-likeness (QED) is 0.861. The van der Waals surface area contributed by atoms with Gasteiger partial charge < -0.3 is 19.5 Å². The largest absolute Gasteiger partial charge is 0.493 e. The van der Waals surface area contributed by atoms with Gasteiger partial charge in [0.1, 0.15) is 6.04 Å². The minimum absolute atomic E-state index is 0.155. The van der Waals surface area contributed by atoms with E-state index in [1.54, 1.807) is 19.2 Å². The van der Waals surface area contributed by atoms with Crippen molar-refractivity contribution in [3.63, 3.8) is 0 Å². The molecule has 114 valence electrons. The number of benzene rings is 1. The summed E-state index contributed by atoms with van der Waals surface area (Å²) >= 11 is 0. The highest BCUT2D eigenvalue weighted by Gasteiger charge is 2.33. The molecule has 21 heavy (non-hydrogen) atoms. The molecule has 6 nitrogen and oxygen atoms in total. The molecule has 1 aliphatic rings. The highest BCUT2D eigenvalue weighted by molar-refractivity contribution is 5.84. The summed E-state index contributed by atoms with van der Waals surface area (Å²) in [5.41, 5.74) is 0. The number of nitrogens with zero attached hydrogens (tertiary/aromatic N) is 1. The van der Waals surface area contributed by atoms with Gasteiger partial charge in [-0.3, -0.25) is 4.79 Å². The van der Waals surface area contributed by atoms with Crippen LogP contribution in [0.3, 0.4) is 0 Å². The number of carbonyl (C=O) groups excluding carboxylic acids is 1. The molecule has 1 aliphatic heterocycles. The van der Waals surface area contributed by atoms with Gasteiger partial charge in [0.25, 0.3) is 0 Å². The van der Waals surface area contributed by atoms with Crippen molar-refractivity contribution in [2.24, 2.45) is 0 Å². The molecular formula is C15H19NO5. The lowest BCUT2D eigenvalue weighted by atomic mass is 10.2. The van der Waals surface area contributed by atoms with Crippen LogP contribution < -0.4 is 9.47 Å². The van der Waals surface area contributed by atoms with E-state index in [1.807, 2.05) is 12.1 Å². The topological polar surface area (TPSA) is 76.1 Å². The number of rotatable bonds is 6. The average molecular weight is 293 g/mol. The number of aliphatic carboxylic acids is 1. The second kappa shape index (κ2) is 6.97. The SMILES string of the molecule is COc1ccccc1OCCC(=O)N1CCCC1C(=O)O. The zero-order chi connectivity index (χ0) is 15.2. The molecular weight excluding hydrogens is 274 g/mol. The lowest BCUT2D eigenvalue weighted by Crippen LogP contribution is -2.40. The summed E-state index contributed by atoms with van der Waals surface area (Å²) in [7, 11) is 1.55. The number of carbonyl (C=O) groups is 2. The minimum Gasteiger partial charge on any atom is -0.493 e. The van der Waals surface area contributed by atoms with Crippen molar-refractivity contribution in [1.82, 2.24) is 4.90 Å². The maximum Gasteiger partial charge on any atom is 0.326 e. The van der Waals surface area contributed by atoms with Crippen LogP contribution >= 0.6 is 0 Å². The van der Waals surface area contributed by atoms with E-state index in [1.165, 1.54) is 4.90 Å². The number of hydrogen-bond donors (Lipinski definition) is 1. The first-order valence-corrected chi connectivity index (χ1v) is 6.91. The van der Waals surface area contributed by atoms with Crippen LogP contribution in [0.5, 0.6) is 11.5 Å². The number of methoxy groups -OCH3 is 1. The van der Waals surface area contributed by atoms with E-state index in [9.17, 15) is 9.59 Å². The molecule has 1 unspecified atom stereocenters. The first-order valence-electron chi connectivity index (χ1n) is 6.91. The highest BCUT2D eigenvalue weighted by atomic mass is 16.5. The number of carboxylic acids is 1. The first kappa shape index (κ1) is 15.2. The average Bonchev–Trinajstić information content (AvgIpc) is 2.97. The monoisotopic (exact) mass is 293 g/mol. The van der Waals surface area contributed by atoms with Gasteiger partial charge in [0.15, 0.2) is 11.5 Å². The van der Waals surface area contributed by atoms with E-state index in [2.05, 4.69) is 0 Å². The predicted molar refractivity (Wildman–Crippen MR) is 75.5 cm³/mol. The Morgan fingerprint density at radius 3 is 2.71 bits per heavy atom. The molecule has 6 heteroatoms. The molecule has 1 N–H and O–H groups in total. The van der Waals surface area contributed by atoms with Crippen LogP contribution in [0.4, 0.5) is 0 Å². The van der Waals surface area contributed by atoms with Crippen LogP contribution in [0.1, 0.15) is 19.3 Å². The van der Waals surface area contributed by atoms with Gasteiger partial charge in [-0.15, -0.1) is 0 Å². The zero-order valence-corrected chi connectivity index (χ0v) is 11.9. The summed E-state index contributed by atoms with van der Waals surface area (Å²) < 4.78 is 10.7. The van der Waals surface area contributed by atoms with Crippen LogP contribution in [0, 0.1) is 0 Å². The van der Waals surface area contributed by atoms with Gasteiger partial charge in [-0.25, -0.2) is 4.79 Å². The van der Waals surface area contributed by atoms with Gasteiger partial charge in [0.2, 0.25) is 5.91 Å². The van der Waals surface area contributed by atoms with Crippen molar-refractivity contribution >= 4 is 11.9 Å².